The van der Waals surface area contributed by atoms with Gasteiger partial charge in [-0.15, -0.1) is 0 Å². The molecule has 6 rings (SSSR count). The van der Waals surface area contributed by atoms with Gasteiger partial charge in [0.2, 0.25) is 0 Å². The Kier molecular flexibility index (Phi) is 4.37. The van der Waals surface area contributed by atoms with Gasteiger partial charge in [-0.05, 0) is 54.2 Å². The number of benzene rings is 2. The fourth-order valence-corrected chi connectivity index (χ4v) is 4.89. The number of hydrogen-bond donors (Lipinski definition) is 3. The predicted octanol–water partition coefficient (Wildman–Crippen LogP) is 2.47. The number of H-pyrrole nitrogens is 1. The number of aryl methyl sites for hydroxylation is 1. The highest BCUT2D eigenvalue weighted by Gasteiger charge is 2.48. The van der Waals surface area contributed by atoms with E-state index in [1.54, 1.807) is 0 Å². The van der Waals surface area contributed by atoms with Crippen LogP contribution in [0.3, 0.4) is 0 Å². The highest BCUT2D eigenvalue weighted by Crippen LogP contribution is 2.48. The minimum atomic E-state index is -0.599. The van der Waals surface area contributed by atoms with E-state index in [-0.39, 0.29) is 36.9 Å². The first-order valence-electron chi connectivity index (χ1n) is 10.9. The molecule has 1 aliphatic carbocycles. The van der Waals surface area contributed by atoms with E-state index in [2.05, 4.69) is 53.3 Å². The van der Waals surface area contributed by atoms with Crippen LogP contribution in [-0.2, 0) is 14.9 Å². The van der Waals surface area contributed by atoms with Crippen molar-refractivity contribution in [2.24, 2.45) is 0 Å². The van der Waals surface area contributed by atoms with Gasteiger partial charge in [0.15, 0.2) is 6.10 Å². The summed E-state index contributed by atoms with van der Waals surface area (Å²) in [5, 5.41) is 19.6. The van der Waals surface area contributed by atoms with Crippen LogP contribution in [0.1, 0.15) is 24.0 Å². The van der Waals surface area contributed by atoms with Crippen molar-refractivity contribution in [3.05, 3.63) is 47.5 Å². The second kappa shape index (κ2) is 7.03. The van der Waals surface area contributed by atoms with E-state index >= 15 is 0 Å². The van der Waals surface area contributed by atoms with Crippen LogP contribution in [0, 0.1) is 6.92 Å². The van der Waals surface area contributed by atoms with Crippen molar-refractivity contribution in [2.45, 2.75) is 49.6 Å². The van der Waals surface area contributed by atoms with Gasteiger partial charge in [0, 0.05) is 5.41 Å². The van der Waals surface area contributed by atoms with Crippen molar-refractivity contribution >= 4 is 11.0 Å². The average Bonchev–Trinajstić information content (AvgIpc) is 3.12. The number of ether oxygens (including phenoxy) is 3. The molecular weight excluding hydrogens is 396 g/mol. The van der Waals surface area contributed by atoms with Crippen LogP contribution in [0.5, 0.6) is 6.01 Å². The lowest BCUT2D eigenvalue weighted by atomic mass is 9.93. The molecule has 4 atom stereocenters. The van der Waals surface area contributed by atoms with Crippen LogP contribution in [0.15, 0.2) is 36.4 Å². The van der Waals surface area contributed by atoms with Gasteiger partial charge in [0.05, 0.1) is 30.9 Å². The summed E-state index contributed by atoms with van der Waals surface area (Å²) in [5.74, 6) is 0. The standard InChI is InChI=1S/C24H26N2O5/c1-13-8-17-18(9-16(13)14-2-4-15(5-3-14)24(12-27)6-7-24)26-23(25-17)31-20-11-30-21-19(28)10-29-22(20)21/h2-5,8-9,19-22,27-28H,6-7,10-12H2,1H3,(H,25,26)/t19-,20-,21-,22-/m1/s1. The molecule has 7 nitrogen and oxygen atoms in total. The molecule has 162 valence electrons. The minimum Gasteiger partial charge on any atom is -0.456 e. The number of aliphatic hydroxyl groups is 2. The Morgan fingerprint density at radius 3 is 2.65 bits per heavy atom. The van der Waals surface area contributed by atoms with Gasteiger partial charge in [0.1, 0.15) is 18.3 Å². The molecule has 2 saturated heterocycles. The molecule has 3 N–H and O–H groups in total. The first-order valence-corrected chi connectivity index (χ1v) is 10.9. The van der Waals surface area contributed by atoms with Crippen molar-refractivity contribution < 1.29 is 24.4 Å². The number of fused-ring (bicyclic) bond motifs is 2. The zero-order valence-corrected chi connectivity index (χ0v) is 17.4. The van der Waals surface area contributed by atoms with Crippen LogP contribution >= 0.6 is 0 Å². The topological polar surface area (TPSA) is 96.8 Å². The second-order valence-electron chi connectivity index (χ2n) is 9.06. The lowest BCUT2D eigenvalue weighted by molar-refractivity contribution is 0.00706. The smallest absolute Gasteiger partial charge is 0.295 e. The van der Waals surface area contributed by atoms with Gasteiger partial charge < -0.3 is 29.4 Å². The maximum absolute atomic E-state index is 9.90. The zero-order valence-electron chi connectivity index (χ0n) is 17.4. The molecule has 2 aromatic carbocycles. The summed E-state index contributed by atoms with van der Waals surface area (Å²) in [5.41, 5.74) is 6.33. The Labute approximate surface area is 180 Å². The lowest BCUT2D eigenvalue weighted by Crippen LogP contribution is -2.34. The van der Waals surface area contributed by atoms with Crippen LogP contribution in [0.4, 0.5) is 0 Å². The van der Waals surface area contributed by atoms with Gasteiger partial charge in [-0.1, -0.05) is 24.3 Å². The summed E-state index contributed by atoms with van der Waals surface area (Å²) in [4.78, 5) is 7.88. The quantitative estimate of drug-likeness (QED) is 0.585. The summed E-state index contributed by atoms with van der Waals surface area (Å²) < 4.78 is 17.3. The van der Waals surface area contributed by atoms with E-state index in [9.17, 15) is 10.2 Å². The second-order valence-corrected chi connectivity index (χ2v) is 9.06. The Hall–Kier alpha value is -2.45. The van der Waals surface area contributed by atoms with E-state index < -0.39 is 6.10 Å². The van der Waals surface area contributed by atoms with Crippen molar-refractivity contribution in [1.29, 1.82) is 0 Å². The largest absolute Gasteiger partial charge is 0.456 e. The fourth-order valence-electron chi connectivity index (χ4n) is 4.89. The molecule has 3 aliphatic rings. The summed E-state index contributed by atoms with van der Waals surface area (Å²) in [6, 6.07) is 13.1. The number of imidazole rings is 1. The highest BCUT2D eigenvalue weighted by molar-refractivity contribution is 5.84. The Bertz CT molecular complexity index is 1120. The molecule has 7 heteroatoms. The van der Waals surface area contributed by atoms with Crippen molar-refractivity contribution in [3.8, 4) is 17.1 Å². The Morgan fingerprint density at radius 1 is 1.13 bits per heavy atom. The SMILES string of the molecule is Cc1cc2[nH]c(O[C@@H]3CO[C@H]4[C@@H]3OC[C@H]4O)nc2cc1-c1ccc(C2(CO)CC2)cc1. The number of rotatable bonds is 5. The third-order valence-corrected chi connectivity index (χ3v) is 7.02. The summed E-state index contributed by atoms with van der Waals surface area (Å²) in [6.07, 6.45) is 0.623. The molecule has 3 aromatic rings. The molecule has 0 radical (unpaired) electrons. The van der Waals surface area contributed by atoms with Crippen LogP contribution in [0.25, 0.3) is 22.2 Å². The molecule has 31 heavy (non-hydrogen) atoms. The molecule has 0 spiro atoms. The van der Waals surface area contributed by atoms with Crippen molar-refractivity contribution in [2.75, 3.05) is 19.8 Å². The molecule has 0 unspecified atom stereocenters. The Morgan fingerprint density at radius 2 is 1.90 bits per heavy atom. The molecule has 0 bridgehead atoms. The van der Waals surface area contributed by atoms with Gasteiger partial charge in [-0.25, -0.2) is 0 Å². The number of nitrogens with zero attached hydrogens (tertiary/aromatic N) is 1. The molecular formula is C24H26N2O5. The van der Waals surface area contributed by atoms with Gasteiger partial charge in [0.25, 0.3) is 6.01 Å². The Balaban J connectivity index is 1.26. The van der Waals surface area contributed by atoms with Gasteiger partial charge in [-0.3, -0.25) is 0 Å². The highest BCUT2D eigenvalue weighted by atomic mass is 16.6. The van der Waals surface area contributed by atoms with Crippen LogP contribution < -0.4 is 4.74 Å². The first kappa shape index (κ1) is 19.3. The molecule has 1 saturated carbocycles. The molecule has 0 amide bonds. The maximum Gasteiger partial charge on any atom is 0.295 e. The van der Waals surface area contributed by atoms with Crippen molar-refractivity contribution in [3.63, 3.8) is 0 Å². The first-order chi connectivity index (χ1) is 15.1. The van der Waals surface area contributed by atoms with E-state index in [1.165, 1.54) is 5.56 Å². The lowest BCUT2D eigenvalue weighted by Gasteiger charge is -2.15. The van der Waals surface area contributed by atoms with E-state index in [0.29, 0.717) is 12.6 Å². The monoisotopic (exact) mass is 422 g/mol. The number of aromatic amines is 1. The van der Waals surface area contributed by atoms with Crippen LogP contribution in [-0.4, -0.2) is 64.4 Å². The van der Waals surface area contributed by atoms with Crippen molar-refractivity contribution in [1.82, 2.24) is 9.97 Å². The normalized spacial score (nSPS) is 28.7. The molecule has 3 fully saturated rings. The minimum absolute atomic E-state index is 0.0198. The number of aromatic nitrogens is 2. The van der Waals surface area contributed by atoms with Gasteiger partial charge in [-0.2, -0.15) is 4.98 Å². The van der Waals surface area contributed by atoms with E-state index in [0.717, 1.165) is 40.6 Å². The third kappa shape index (κ3) is 3.15. The van der Waals surface area contributed by atoms with E-state index in [1.807, 2.05) is 0 Å². The van der Waals surface area contributed by atoms with E-state index in [4.69, 9.17) is 14.2 Å². The summed E-state index contributed by atoms with van der Waals surface area (Å²) >= 11 is 0. The maximum atomic E-state index is 9.90. The molecule has 2 aliphatic heterocycles. The third-order valence-electron chi connectivity index (χ3n) is 7.02. The number of hydrogen-bond acceptors (Lipinski definition) is 6. The summed E-state index contributed by atoms with van der Waals surface area (Å²) in [7, 11) is 0. The number of aliphatic hydroxyl groups excluding tert-OH is 2. The molecule has 3 heterocycles. The number of nitrogens with one attached hydrogen (secondary N) is 1. The zero-order chi connectivity index (χ0) is 21.2. The fraction of sp³-hybridized carbons (Fsp3) is 0.458. The van der Waals surface area contributed by atoms with Gasteiger partial charge >= 0.3 is 0 Å². The predicted molar refractivity (Wildman–Crippen MR) is 114 cm³/mol. The molecule has 1 aromatic heterocycles. The van der Waals surface area contributed by atoms with Crippen LogP contribution in [0.2, 0.25) is 0 Å². The summed E-state index contributed by atoms with van der Waals surface area (Å²) in [6.45, 7) is 2.94. The average molecular weight is 422 g/mol.